The van der Waals surface area contributed by atoms with Crippen LogP contribution in [-0.4, -0.2) is 33.0 Å². The molecule has 0 heterocycles. The number of anilines is 1. The second-order valence-electron chi connectivity index (χ2n) is 3.57. The highest BCUT2D eigenvalue weighted by molar-refractivity contribution is 6.30. The Labute approximate surface area is 102 Å². The summed E-state index contributed by atoms with van der Waals surface area (Å²) in [7, 11) is 1.67. The molecule has 16 heavy (non-hydrogen) atoms. The van der Waals surface area contributed by atoms with E-state index in [2.05, 4.69) is 5.32 Å². The zero-order chi connectivity index (χ0) is 11.8. The zero-order valence-electron chi connectivity index (χ0n) is 9.70. The normalized spacial score (nSPS) is 12.4. The first-order chi connectivity index (χ1) is 7.72. The highest BCUT2D eigenvalue weighted by Gasteiger charge is 2.00. The lowest BCUT2D eigenvalue weighted by Gasteiger charge is -2.12. The van der Waals surface area contributed by atoms with Crippen molar-refractivity contribution in [3.05, 3.63) is 29.3 Å². The van der Waals surface area contributed by atoms with Gasteiger partial charge < -0.3 is 14.8 Å². The summed E-state index contributed by atoms with van der Waals surface area (Å²) in [6.07, 6.45) is 0.131. The molecule has 0 bridgehead atoms. The topological polar surface area (TPSA) is 30.5 Å². The molecule has 0 aromatic heterocycles. The van der Waals surface area contributed by atoms with E-state index in [1.807, 2.05) is 31.2 Å². The van der Waals surface area contributed by atoms with E-state index in [1.54, 1.807) is 7.11 Å². The quantitative estimate of drug-likeness (QED) is 0.747. The molecule has 90 valence electrons. The lowest BCUT2D eigenvalue weighted by atomic mass is 10.3. The summed E-state index contributed by atoms with van der Waals surface area (Å²) in [4.78, 5) is 0. The number of methoxy groups -OCH3 is 1. The van der Waals surface area contributed by atoms with Crippen molar-refractivity contribution in [2.75, 3.05) is 32.2 Å². The minimum absolute atomic E-state index is 0.131. The summed E-state index contributed by atoms with van der Waals surface area (Å²) < 4.78 is 10.5. The molecule has 1 N–H and O–H groups in total. The smallest absolute Gasteiger partial charge is 0.0781 e. The van der Waals surface area contributed by atoms with Gasteiger partial charge in [-0.3, -0.25) is 0 Å². The third kappa shape index (κ3) is 5.35. The van der Waals surface area contributed by atoms with Gasteiger partial charge in [0.05, 0.1) is 19.3 Å². The van der Waals surface area contributed by atoms with Gasteiger partial charge in [0, 0.05) is 24.4 Å². The van der Waals surface area contributed by atoms with E-state index in [-0.39, 0.29) is 6.10 Å². The molecule has 0 aliphatic rings. The summed E-state index contributed by atoms with van der Waals surface area (Å²) in [6, 6.07) is 7.63. The molecule has 3 nitrogen and oxygen atoms in total. The van der Waals surface area contributed by atoms with Crippen LogP contribution in [0.15, 0.2) is 24.3 Å². The highest BCUT2D eigenvalue weighted by Crippen LogP contribution is 2.14. The fourth-order valence-electron chi connectivity index (χ4n) is 1.34. The Morgan fingerprint density at radius 2 is 2.25 bits per heavy atom. The van der Waals surface area contributed by atoms with Gasteiger partial charge in [0.1, 0.15) is 0 Å². The Hall–Kier alpha value is -0.770. The number of nitrogens with one attached hydrogen (secondary N) is 1. The van der Waals surface area contributed by atoms with Gasteiger partial charge in [0.25, 0.3) is 0 Å². The van der Waals surface area contributed by atoms with Crippen molar-refractivity contribution in [2.24, 2.45) is 0 Å². The maximum atomic E-state index is 5.86. The number of hydrogen-bond acceptors (Lipinski definition) is 3. The average molecular weight is 244 g/mol. The predicted octanol–water partition coefficient (Wildman–Crippen LogP) is 2.80. The van der Waals surface area contributed by atoms with Gasteiger partial charge >= 0.3 is 0 Å². The molecule has 0 aliphatic heterocycles. The second kappa shape index (κ2) is 7.49. The second-order valence-corrected chi connectivity index (χ2v) is 4.01. The molecular formula is C12H18ClNO2. The van der Waals surface area contributed by atoms with Crippen LogP contribution in [0.2, 0.25) is 5.02 Å². The SMILES string of the molecule is COCC(C)OCCNc1cccc(Cl)c1. The summed E-state index contributed by atoms with van der Waals surface area (Å²) in [5, 5.41) is 3.97. The molecule has 0 saturated carbocycles. The zero-order valence-corrected chi connectivity index (χ0v) is 10.5. The lowest BCUT2D eigenvalue weighted by molar-refractivity contribution is 0.0140. The molecule has 0 fully saturated rings. The van der Waals surface area contributed by atoms with Gasteiger partial charge in [0.2, 0.25) is 0 Å². The Bertz CT molecular complexity index is 307. The first-order valence-electron chi connectivity index (χ1n) is 5.32. The van der Waals surface area contributed by atoms with Gasteiger partial charge in [0.15, 0.2) is 0 Å². The lowest BCUT2D eigenvalue weighted by Crippen LogP contribution is -2.19. The van der Waals surface area contributed by atoms with Crippen molar-refractivity contribution < 1.29 is 9.47 Å². The monoisotopic (exact) mass is 243 g/mol. The predicted molar refractivity (Wildman–Crippen MR) is 67.2 cm³/mol. The summed E-state index contributed by atoms with van der Waals surface area (Å²) in [5.74, 6) is 0. The molecule has 0 aliphatic carbocycles. The molecule has 1 atom stereocenters. The van der Waals surface area contributed by atoms with Crippen molar-refractivity contribution in [3.8, 4) is 0 Å². The van der Waals surface area contributed by atoms with Crippen LogP contribution in [0.4, 0.5) is 5.69 Å². The van der Waals surface area contributed by atoms with Crippen molar-refractivity contribution in [1.82, 2.24) is 0 Å². The number of hydrogen-bond donors (Lipinski definition) is 1. The minimum Gasteiger partial charge on any atom is -0.383 e. The Kier molecular flexibility index (Phi) is 6.23. The van der Waals surface area contributed by atoms with E-state index < -0.39 is 0 Å². The van der Waals surface area contributed by atoms with Crippen molar-refractivity contribution >= 4 is 17.3 Å². The van der Waals surface area contributed by atoms with E-state index in [4.69, 9.17) is 21.1 Å². The minimum atomic E-state index is 0.131. The number of halogens is 1. The number of ether oxygens (including phenoxy) is 2. The van der Waals surface area contributed by atoms with E-state index in [1.165, 1.54) is 0 Å². The van der Waals surface area contributed by atoms with Crippen LogP contribution in [-0.2, 0) is 9.47 Å². The van der Waals surface area contributed by atoms with Crippen LogP contribution in [0.25, 0.3) is 0 Å². The summed E-state index contributed by atoms with van der Waals surface area (Å²) in [6.45, 7) is 4.02. The van der Waals surface area contributed by atoms with Crippen LogP contribution in [0.5, 0.6) is 0 Å². The largest absolute Gasteiger partial charge is 0.383 e. The maximum Gasteiger partial charge on any atom is 0.0781 e. The first-order valence-corrected chi connectivity index (χ1v) is 5.70. The summed E-state index contributed by atoms with van der Waals surface area (Å²) in [5.41, 5.74) is 1.01. The fraction of sp³-hybridized carbons (Fsp3) is 0.500. The Morgan fingerprint density at radius 3 is 2.94 bits per heavy atom. The van der Waals surface area contributed by atoms with Crippen LogP contribution in [0.1, 0.15) is 6.92 Å². The van der Waals surface area contributed by atoms with Crippen molar-refractivity contribution in [1.29, 1.82) is 0 Å². The van der Waals surface area contributed by atoms with Crippen LogP contribution >= 0.6 is 11.6 Å². The first kappa shape index (κ1) is 13.3. The van der Waals surface area contributed by atoms with E-state index in [9.17, 15) is 0 Å². The third-order valence-electron chi connectivity index (χ3n) is 2.06. The van der Waals surface area contributed by atoms with E-state index >= 15 is 0 Å². The molecule has 0 amide bonds. The Balaban J connectivity index is 2.16. The van der Waals surface area contributed by atoms with Crippen molar-refractivity contribution in [3.63, 3.8) is 0 Å². The molecule has 1 aromatic rings. The van der Waals surface area contributed by atoms with Gasteiger partial charge in [-0.2, -0.15) is 0 Å². The molecule has 4 heteroatoms. The standard InChI is InChI=1S/C12H18ClNO2/c1-10(9-15-2)16-7-6-14-12-5-3-4-11(13)8-12/h3-5,8,10,14H,6-7,9H2,1-2H3. The van der Waals surface area contributed by atoms with Crippen LogP contribution in [0, 0.1) is 0 Å². The third-order valence-corrected chi connectivity index (χ3v) is 2.29. The molecule has 1 unspecified atom stereocenters. The van der Waals surface area contributed by atoms with Crippen molar-refractivity contribution in [2.45, 2.75) is 13.0 Å². The number of benzene rings is 1. The number of rotatable bonds is 7. The van der Waals surface area contributed by atoms with Gasteiger partial charge in [-0.1, -0.05) is 17.7 Å². The molecule has 0 saturated heterocycles. The summed E-state index contributed by atoms with van der Waals surface area (Å²) >= 11 is 5.86. The highest BCUT2D eigenvalue weighted by atomic mass is 35.5. The molecule has 0 radical (unpaired) electrons. The maximum absolute atomic E-state index is 5.86. The molecule has 1 aromatic carbocycles. The van der Waals surface area contributed by atoms with Gasteiger partial charge in [-0.15, -0.1) is 0 Å². The average Bonchev–Trinajstić information content (AvgIpc) is 2.25. The van der Waals surface area contributed by atoms with E-state index in [0.29, 0.717) is 13.2 Å². The van der Waals surface area contributed by atoms with Gasteiger partial charge in [-0.05, 0) is 25.1 Å². The van der Waals surface area contributed by atoms with Crippen LogP contribution in [0.3, 0.4) is 0 Å². The van der Waals surface area contributed by atoms with Gasteiger partial charge in [-0.25, -0.2) is 0 Å². The molecule has 0 spiro atoms. The van der Waals surface area contributed by atoms with E-state index in [0.717, 1.165) is 17.3 Å². The molecular weight excluding hydrogens is 226 g/mol. The fourth-order valence-corrected chi connectivity index (χ4v) is 1.53. The Morgan fingerprint density at radius 1 is 1.44 bits per heavy atom. The van der Waals surface area contributed by atoms with Crippen LogP contribution < -0.4 is 5.32 Å². The molecule has 1 rings (SSSR count).